The molecule has 0 aromatic heterocycles. The third kappa shape index (κ3) is 6.93. The van der Waals surface area contributed by atoms with Gasteiger partial charge in [-0.25, -0.2) is 0 Å². The number of hydrogen-bond acceptors (Lipinski definition) is 3. The number of anilines is 1. The second kappa shape index (κ2) is 12.4. The molecule has 7 heteroatoms. The molecule has 0 bridgehead atoms. The van der Waals surface area contributed by atoms with Gasteiger partial charge in [0.1, 0.15) is 0 Å². The third-order valence-corrected chi connectivity index (χ3v) is 6.68. The molecule has 4 rings (SSSR count). The molecule has 1 atom stereocenters. The number of para-hydroxylation sites is 1. The van der Waals surface area contributed by atoms with Gasteiger partial charge >= 0.3 is 0 Å². The predicted molar refractivity (Wildman–Crippen MR) is 146 cm³/mol. The first-order chi connectivity index (χ1) is 15.6. The normalized spacial score (nSPS) is 19.3. The van der Waals surface area contributed by atoms with E-state index in [1.165, 1.54) is 42.6 Å². The largest absolute Gasteiger partial charge is 0.356 e. The van der Waals surface area contributed by atoms with E-state index >= 15 is 0 Å². The van der Waals surface area contributed by atoms with E-state index in [0.717, 1.165) is 30.7 Å². The van der Waals surface area contributed by atoms with Crippen LogP contribution in [-0.4, -0.2) is 43.4 Å². The number of likely N-dealkylation sites (tertiary alicyclic amines) is 1. The van der Waals surface area contributed by atoms with E-state index in [-0.39, 0.29) is 35.8 Å². The average molecular weight is 562 g/mol. The first kappa shape index (κ1) is 25.5. The van der Waals surface area contributed by atoms with Crippen LogP contribution in [0.5, 0.6) is 0 Å². The highest BCUT2D eigenvalue weighted by Crippen LogP contribution is 2.31. The molecule has 0 aliphatic carbocycles. The van der Waals surface area contributed by atoms with E-state index < -0.39 is 0 Å². The quantitative estimate of drug-likeness (QED) is 0.279. The molecule has 1 amide bonds. The molecule has 0 saturated carbocycles. The number of carbonyl (C=O) groups is 1. The number of nitrogens with one attached hydrogen (secondary N) is 3. The van der Waals surface area contributed by atoms with E-state index in [1.54, 1.807) is 7.05 Å². The zero-order valence-corrected chi connectivity index (χ0v) is 22.0. The number of guanidine groups is 1. The lowest BCUT2D eigenvalue weighted by Gasteiger charge is -2.30. The zero-order valence-electron chi connectivity index (χ0n) is 19.6. The number of fused-ring (bicyclic) bond motifs is 1. The standard InChI is InChI=1S/C26H35N5O.HI/c1-19-11-13-31(14-12-19)18-21-8-4-3-7-20(21)16-28-26(27-2)29-17-22-15-25(32)30-24-10-6-5-9-23(22)24;/h3-10,19,22H,11-18H2,1-2H3,(H,30,32)(H2,27,28,29);1H. The molecule has 178 valence electrons. The smallest absolute Gasteiger partial charge is 0.225 e. The summed E-state index contributed by atoms with van der Waals surface area (Å²) in [6, 6.07) is 16.7. The minimum atomic E-state index is 0. The monoisotopic (exact) mass is 561 g/mol. The van der Waals surface area contributed by atoms with Crippen molar-refractivity contribution in [2.24, 2.45) is 10.9 Å². The SMILES string of the molecule is CN=C(NCc1ccccc1CN1CCC(C)CC1)NCC1CC(=O)Nc2ccccc21.I. The Morgan fingerprint density at radius 3 is 2.52 bits per heavy atom. The lowest BCUT2D eigenvalue weighted by atomic mass is 9.90. The van der Waals surface area contributed by atoms with E-state index in [2.05, 4.69) is 63.1 Å². The number of amides is 1. The Balaban J connectivity index is 0.00000306. The minimum absolute atomic E-state index is 0. The third-order valence-electron chi connectivity index (χ3n) is 6.68. The molecular formula is C26H36IN5O. The van der Waals surface area contributed by atoms with Crippen LogP contribution in [0.1, 0.15) is 48.8 Å². The van der Waals surface area contributed by atoms with Crippen LogP contribution >= 0.6 is 24.0 Å². The van der Waals surface area contributed by atoms with Crippen molar-refractivity contribution >= 4 is 41.5 Å². The van der Waals surface area contributed by atoms with Crippen molar-refractivity contribution in [3.05, 3.63) is 65.2 Å². The second-order valence-corrected chi connectivity index (χ2v) is 9.07. The fourth-order valence-electron chi connectivity index (χ4n) is 4.65. The Labute approximate surface area is 214 Å². The van der Waals surface area contributed by atoms with Gasteiger partial charge in [-0.05, 0) is 54.6 Å². The molecule has 2 aliphatic heterocycles. The number of rotatable bonds is 6. The summed E-state index contributed by atoms with van der Waals surface area (Å²) in [5.41, 5.74) is 4.77. The Bertz CT molecular complexity index is 955. The van der Waals surface area contributed by atoms with Crippen molar-refractivity contribution in [3.8, 4) is 0 Å². The van der Waals surface area contributed by atoms with Gasteiger partial charge in [-0.2, -0.15) is 0 Å². The molecular weight excluding hydrogens is 525 g/mol. The molecule has 2 aromatic rings. The fourth-order valence-corrected chi connectivity index (χ4v) is 4.65. The lowest BCUT2D eigenvalue weighted by molar-refractivity contribution is -0.116. The van der Waals surface area contributed by atoms with Crippen molar-refractivity contribution in [1.29, 1.82) is 0 Å². The fraction of sp³-hybridized carbons (Fsp3) is 0.462. The zero-order chi connectivity index (χ0) is 22.3. The molecule has 1 saturated heterocycles. The summed E-state index contributed by atoms with van der Waals surface area (Å²) in [4.78, 5) is 19.1. The Morgan fingerprint density at radius 1 is 1.06 bits per heavy atom. The van der Waals surface area contributed by atoms with Gasteiger partial charge in [-0.15, -0.1) is 24.0 Å². The summed E-state index contributed by atoms with van der Waals surface area (Å²) in [5.74, 6) is 1.81. The average Bonchev–Trinajstić information content (AvgIpc) is 2.81. The summed E-state index contributed by atoms with van der Waals surface area (Å²) < 4.78 is 0. The Hall–Kier alpha value is -2.13. The first-order valence-electron chi connectivity index (χ1n) is 11.7. The Morgan fingerprint density at radius 2 is 1.76 bits per heavy atom. The molecule has 3 N–H and O–H groups in total. The van der Waals surface area contributed by atoms with Gasteiger partial charge < -0.3 is 16.0 Å². The highest BCUT2D eigenvalue weighted by atomic mass is 127. The van der Waals surface area contributed by atoms with E-state index in [4.69, 9.17) is 0 Å². The van der Waals surface area contributed by atoms with Crippen molar-refractivity contribution in [2.45, 2.75) is 45.2 Å². The van der Waals surface area contributed by atoms with Gasteiger partial charge in [-0.3, -0.25) is 14.7 Å². The molecule has 2 aromatic carbocycles. The number of aliphatic imine (C=N–C) groups is 1. The van der Waals surface area contributed by atoms with Gasteiger partial charge in [0.05, 0.1) is 0 Å². The van der Waals surface area contributed by atoms with Crippen molar-refractivity contribution < 1.29 is 4.79 Å². The molecule has 6 nitrogen and oxygen atoms in total. The van der Waals surface area contributed by atoms with Crippen LogP contribution in [0.2, 0.25) is 0 Å². The van der Waals surface area contributed by atoms with Gasteiger partial charge in [0.25, 0.3) is 0 Å². The summed E-state index contributed by atoms with van der Waals surface area (Å²) in [7, 11) is 1.79. The molecule has 0 spiro atoms. The first-order valence-corrected chi connectivity index (χ1v) is 11.7. The molecule has 1 unspecified atom stereocenters. The number of benzene rings is 2. The molecule has 0 radical (unpaired) electrons. The number of halogens is 1. The number of hydrogen-bond donors (Lipinski definition) is 3. The minimum Gasteiger partial charge on any atom is -0.356 e. The maximum Gasteiger partial charge on any atom is 0.225 e. The van der Waals surface area contributed by atoms with Crippen LogP contribution in [0.4, 0.5) is 5.69 Å². The number of carbonyl (C=O) groups excluding carboxylic acids is 1. The lowest BCUT2D eigenvalue weighted by Crippen LogP contribution is -2.40. The highest BCUT2D eigenvalue weighted by molar-refractivity contribution is 14.0. The number of nitrogens with zero attached hydrogens (tertiary/aromatic N) is 2. The number of piperidine rings is 1. The van der Waals surface area contributed by atoms with Gasteiger partial charge in [-0.1, -0.05) is 49.4 Å². The van der Waals surface area contributed by atoms with Gasteiger partial charge in [0.2, 0.25) is 5.91 Å². The predicted octanol–water partition coefficient (Wildman–Crippen LogP) is 4.33. The molecule has 33 heavy (non-hydrogen) atoms. The summed E-state index contributed by atoms with van der Waals surface area (Å²) in [5, 5.41) is 9.85. The van der Waals surface area contributed by atoms with E-state index in [1.807, 2.05) is 18.2 Å². The van der Waals surface area contributed by atoms with Crippen molar-refractivity contribution in [3.63, 3.8) is 0 Å². The van der Waals surface area contributed by atoms with Crippen LogP contribution in [0.15, 0.2) is 53.5 Å². The maximum atomic E-state index is 12.1. The molecule has 1 fully saturated rings. The molecule has 2 aliphatic rings. The Kier molecular flexibility index (Phi) is 9.55. The van der Waals surface area contributed by atoms with Crippen LogP contribution in [0, 0.1) is 5.92 Å². The maximum absolute atomic E-state index is 12.1. The van der Waals surface area contributed by atoms with Crippen molar-refractivity contribution in [2.75, 3.05) is 32.0 Å². The van der Waals surface area contributed by atoms with E-state index in [9.17, 15) is 4.79 Å². The summed E-state index contributed by atoms with van der Waals surface area (Å²) >= 11 is 0. The highest BCUT2D eigenvalue weighted by Gasteiger charge is 2.24. The van der Waals surface area contributed by atoms with Gasteiger partial charge in [0, 0.05) is 44.7 Å². The van der Waals surface area contributed by atoms with Crippen molar-refractivity contribution in [1.82, 2.24) is 15.5 Å². The topological polar surface area (TPSA) is 68.8 Å². The van der Waals surface area contributed by atoms with E-state index in [0.29, 0.717) is 13.0 Å². The van der Waals surface area contributed by atoms with Crippen LogP contribution < -0.4 is 16.0 Å². The summed E-state index contributed by atoms with van der Waals surface area (Å²) in [6.07, 6.45) is 3.07. The van der Waals surface area contributed by atoms with Crippen LogP contribution in [-0.2, 0) is 17.9 Å². The van der Waals surface area contributed by atoms with Crippen LogP contribution in [0.25, 0.3) is 0 Å². The second-order valence-electron chi connectivity index (χ2n) is 9.07. The van der Waals surface area contributed by atoms with Crippen LogP contribution in [0.3, 0.4) is 0 Å². The van der Waals surface area contributed by atoms with Gasteiger partial charge in [0.15, 0.2) is 5.96 Å². The molecule has 2 heterocycles. The summed E-state index contributed by atoms with van der Waals surface area (Å²) in [6.45, 7) is 7.11.